The van der Waals surface area contributed by atoms with E-state index >= 15 is 0 Å². The summed E-state index contributed by atoms with van der Waals surface area (Å²) < 4.78 is 0. The highest BCUT2D eigenvalue weighted by atomic mass is 14.9. The Morgan fingerprint density at radius 1 is 0.875 bits per heavy atom. The van der Waals surface area contributed by atoms with E-state index in [0.717, 1.165) is 29.1 Å². The Labute approximate surface area is 192 Å². The van der Waals surface area contributed by atoms with Crippen molar-refractivity contribution in [3.05, 3.63) is 108 Å². The maximum atomic E-state index is 4.32. The molecule has 1 aromatic heterocycles. The third-order valence-corrected chi connectivity index (χ3v) is 4.80. The van der Waals surface area contributed by atoms with Gasteiger partial charge in [0.05, 0.1) is 17.6 Å². The average molecular weight is 427 g/mol. The molecule has 32 heavy (non-hydrogen) atoms. The second-order valence-electron chi connectivity index (χ2n) is 7.06. The summed E-state index contributed by atoms with van der Waals surface area (Å²) in [6.45, 7) is 14.5. The topological polar surface area (TPSA) is 53.1 Å². The minimum Gasteiger partial charge on any atom is -0.362 e. The van der Waals surface area contributed by atoms with Crippen molar-refractivity contribution >= 4 is 22.4 Å². The number of para-hydroxylation sites is 3. The molecule has 2 N–H and O–H groups in total. The zero-order valence-corrected chi connectivity index (χ0v) is 19.8. The van der Waals surface area contributed by atoms with Crippen LogP contribution in [0.2, 0.25) is 0 Å². The van der Waals surface area contributed by atoms with E-state index in [1.807, 2.05) is 63.2 Å². The number of aromatic nitrogens is 2. The smallest absolute Gasteiger partial charge is 0.104 e. The van der Waals surface area contributed by atoms with Crippen LogP contribution in [-0.4, -0.2) is 15.7 Å². The van der Waals surface area contributed by atoms with Crippen molar-refractivity contribution in [2.45, 2.75) is 41.2 Å². The summed E-state index contributed by atoms with van der Waals surface area (Å²) in [6, 6.07) is 24.5. The minimum absolute atomic E-state index is 0.877. The predicted octanol–water partition coefficient (Wildman–Crippen LogP) is 7.46. The van der Waals surface area contributed by atoms with E-state index in [9.17, 15) is 0 Å². The second-order valence-corrected chi connectivity index (χ2v) is 7.06. The molecule has 1 aliphatic heterocycles. The zero-order chi connectivity index (χ0) is 23.3. The lowest BCUT2D eigenvalue weighted by atomic mass is 10.1. The van der Waals surface area contributed by atoms with E-state index in [4.69, 9.17) is 0 Å². The quantitative estimate of drug-likeness (QED) is 0.349. The number of hydrogen-bond donors (Lipinski definition) is 2. The van der Waals surface area contributed by atoms with Gasteiger partial charge in [-0.15, -0.1) is 0 Å². The third kappa shape index (κ3) is 6.95. The summed E-state index contributed by atoms with van der Waals surface area (Å²) in [6.07, 6.45) is 1.68. The first-order valence-corrected chi connectivity index (χ1v) is 11.0. The number of aliphatic imine (C=N–C) groups is 1. The SMILES string of the molecule is C=CNc1ccccc1C.CC.CC1=NCc2ccccc21.Cc1nc2ccccc2[nH]1. The molecule has 0 unspecified atom stereocenters. The predicted molar refractivity (Wildman–Crippen MR) is 140 cm³/mol. The van der Waals surface area contributed by atoms with E-state index in [0.29, 0.717) is 0 Å². The Morgan fingerprint density at radius 3 is 2.22 bits per heavy atom. The number of aryl methyl sites for hydroxylation is 2. The van der Waals surface area contributed by atoms with Crippen molar-refractivity contribution < 1.29 is 0 Å². The molecule has 0 saturated heterocycles. The van der Waals surface area contributed by atoms with Gasteiger partial charge in [-0.1, -0.05) is 75.0 Å². The van der Waals surface area contributed by atoms with Gasteiger partial charge in [-0.3, -0.25) is 4.99 Å². The first kappa shape index (κ1) is 24.6. The lowest BCUT2D eigenvalue weighted by Gasteiger charge is -2.02. The summed E-state index contributed by atoms with van der Waals surface area (Å²) in [7, 11) is 0. The van der Waals surface area contributed by atoms with Crippen molar-refractivity contribution in [2.24, 2.45) is 4.99 Å². The fourth-order valence-corrected chi connectivity index (χ4v) is 3.23. The van der Waals surface area contributed by atoms with Crippen LogP contribution in [0.1, 0.15) is 43.3 Å². The Morgan fingerprint density at radius 2 is 1.53 bits per heavy atom. The molecule has 3 aromatic carbocycles. The monoisotopic (exact) mass is 426 g/mol. The van der Waals surface area contributed by atoms with Gasteiger partial charge in [-0.25, -0.2) is 4.98 Å². The maximum Gasteiger partial charge on any atom is 0.104 e. The lowest BCUT2D eigenvalue weighted by molar-refractivity contribution is 1.11. The lowest BCUT2D eigenvalue weighted by Crippen LogP contribution is -1.89. The first-order valence-electron chi connectivity index (χ1n) is 11.0. The van der Waals surface area contributed by atoms with Gasteiger partial charge in [0.1, 0.15) is 5.82 Å². The first-order chi connectivity index (χ1) is 15.6. The molecule has 0 atom stereocenters. The summed E-state index contributed by atoms with van der Waals surface area (Å²) >= 11 is 0. The van der Waals surface area contributed by atoms with Gasteiger partial charge in [-0.05, 0) is 56.3 Å². The minimum atomic E-state index is 0.877. The highest BCUT2D eigenvalue weighted by Crippen LogP contribution is 2.17. The molecule has 0 aliphatic carbocycles. The van der Waals surface area contributed by atoms with E-state index in [1.54, 1.807) is 6.20 Å². The normalized spacial score (nSPS) is 10.8. The molecule has 4 heteroatoms. The highest BCUT2D eigenvalue weighted by Gasteiger charge is 2.08. The number of aromatic amines is 1. The van der Waals surface area contributed by atoms with Gasteiger partial charge in [0, 0.05) is 17.0 Å². The largest absolute Gasteiger partial charge is 0.362 e. The fourth-order valence-electron chi connectivity index (χ4n) is 3.23. The fraction of sp³-hybridized carbons (Fsp3) is 0.214. The summed E-state index contributed by atoms with van der Waals surface area (Å²) in [5, 5.41) is 3.04. The molecule has 4 nitrogen and oxygen atoms in total. The number of fused-ring (bicyclic) bond motifs is 2. The number of H-pyrrole nitrogens is 1. The molecule has 5 rings (SSSR count). The summed E-state index contributed by atoms with van der Waals surface area (Å²) in [5.74, 6) is 0.973. The van der Waals surface area contributed by atoms with Gasteiger partial charge in [0.2, 0.25) is 0 Å². The zero-order valence-electron chi connectivity index (χ0n) is 19.8. The van der Waals surface area contributed by atoms with Crippen molar-refractivity contribution in [2.75, 3.05) is 5.32 Å². The molecular weight excluding hydrogens is 392 g/mol. The van der Waals surface area contributed by atoms with Crippen LogP contribution in [0.4, 0.5) is 5.69 Å². The standard InChI is InChI=1S/C9H9N.C9H11N.C8H8N2.C2H6/c1-7-9-5-3-2-4-8(9)6-10-7;1-3-10-9-7-5-4-6-8(9)2;1-6-9-7-4-2-3-5-8(7)10-6;1-2/h2-5H,6H2,1H3;3-7,10H,1H2,2H3;2-5H,1H3,(H,9,10);1-2H3. The molecule has 0 fully saturated rings. The Balaban J connectivity index is 0.000000164. The van der Waals surface area contributed by atoms with Gasteiger partial charge >= 0.3 is 0 Å². The number of benzene rings is 3. The van der Waals surface area contributed by atoms with Gasteiger partial charge in [0.25, 0.3) is 0 Å². The van der Waals surface area contributed by atoms with Crippen molar-refractivity contribution in [3.8, 4) is 0 Å². The van der Waals surface area contributed by atoms with Crippen LogP contribution in [0, 0.1) is 13.8 Å². The Bertz CT molecular complexity index is 1120. The van der Waals surface area contributed by atoms with Crippen LogP contribution in [0.15, 0.2) is 90.6 Å². The number of anilines is 1. The van der Waals surface area contributed by atoms with Gasteiger partial charge < -0.3 is 10.3 Å². The average Bonchev–Trinajstić information content (AvgIpc) is 3.40. The number of nitrogens with zero attached hydrogens (tertiary/aromatic N) is 2. The molecule has 0 amide bonds. The van der Waals surface area contributed by atoms with Crippen LogP contribution in [0.5, 0.6) is 0 Å². The van der Waals surface area contributed by atoms with Gasteiger partial charge in [-0.2, -0.15) is 0 Å². The summed E-state index contributed by atoms with van der Waals surface area (Å²) in [4.78, 5) is 11.7. The van der Waals surface area contributed by atoms with Crippen LogP contribution in [0.25, 0.3) is 11.0 Å². The Kier molecular flexibility index (Phi) is 9.92. The number of hydrogen-bond acceptors (Lipinski definition) is 3. The number of rotatable bonds is 2. The molecule has 0 radical (unpaired) electrons. The third-order valence-electron chi connectivity index (χ3n) is 4.80. The summed E-state index contributed by atoms with van der Waals surface area (Å²) in [5.41, 5.74) is 8.37. The van der Waals surface area contributed by atoms with E-state index in [-0.39, 0.29) is 0 Å². The van der Waals surface area contributed by atoms with Crippen molar-refractivity contribution in [1.29, 1.82) is 0 Å². The molecule has 0 saturated carbocycles. The van der Waals surface area contributed by atoms with Crippen molar-refractivity contribution in [3.63, 3.8) is 0 Å². The van der Waals surface area contributed by atoms with Crippen LogP contribution in [0.3, 0.4) is 0 Å². The van der Waals surface area contributed by atoms with E-state index < -0.39 is 0 Å². The number of nitrogens with one attached hydrogen (secondary N) is 2. The molecule has 166 valence electrons. The van der Waals surface area contributed by atoms with Crippen LogP contribution < -0.4 is 5.32 Å². The maximum absolute atomic E-state index is 4.32. The Hall–Kier alpha value is -3.66. The molecule has 0 bridgehead atoms. The van der Waals surface area contributed by atoms with Gasteiger partial charge in [0.15, 0.2) is 0 Å². The molecule has 0 spiro atoms. The molecular formula is C28H34N4. The molecule has 2 heterocycles. The van der Waals surface area contributed by atoms with E-state index in [1.165, 1.54) is 22.4 Å². The van der Waals surface area contributed by atoms with E-state index in [2.05, 4.69) is 71.0 Å². The van der Waals surface area contributed by atoms with Crippen LogP contribution >= 0.6 is 0 Å². The molecule has 4 aromatic rings. The molecule has 1 aliphatic rings. The van der Waals surface area contributed by atoms with Crippen molar-refractivity contribution in [1.82, 2.24) is 9.97 Å². The second kappa shape index (κ2) is 12.9. The highest BCUT2D eigenvalue weighted by molar-refractivity contribution is 6.01. The number of imidazole rings is 1. The van der Waals surface area contributed by atoms with Crippen LogP contribution in [-0.2, 0) is 6.54 Å².